The van der Waals surface area contributed by atoms with Crippen molar-refractivity contribution in [2.24, 2.45) is 0 Å². The Hall–Kier alpha value is -2.52. The van der Waals surface area contributed by atoms with E-state index in [1.807, 2.05) is 35.7 Å². The summed E-state index contributed by atoms with van der Waals surface area (Å²) in [5, 5.41) is 16.1. The molecule has 0 aliphatic carbocycles. The first-order valence-electron chi connectivity index (χ1n) is 7.53. The Bertz CT molecular complexity index is 991. The molecule has 0 saturated carbocycles. The molecule has 4 nitrogen and oxygen atoms in total. The maximum atomic E-state index is 9.46. The van der Waals surface area contributed by atoms with Gasteiger partial charge in [-0.2, -0.15) is 5.26 Å². The lowest BCUT2D eigenvalue weighted by molar-refractivity contribution is 0.415. The summed E-state index contributed by atoms with van der Waals surface area (Å²) >= 11 is 13.5. The summed E-state index contributed by atoms with van der Waals surface area (Å²) in [6.07, 6.45) is 1.63. The zero-order valence-electron chi connectivity index (χ0n) is 13.7. The van der Waals surface area contributed by atoms with Crippen molar-refractivity contribution in [3.05, 3.63) is 69.1 Å². The fourth-order valence-electron chi connectivity index (χ4n) is 2.20. The number of rotatable bonds is 5. The molecule has 1 N–H and O–H groups in total. The molecule has 0 atom stereocenters. The fraction of sp³-hybridized carbons (Fsp3) is 0.0526. The van der Waals surface area contributed by atoms with Crippen molar-refractivity contribution < 1.29 is 4.74 Å². The van der Waals surface area contributed by atoms with E-state index in [2.05, 4.69) is 16.4 Å². The first-order chi connectivity index (χ1) is 12.6. The van der Waals surface area contributed by atoms with Crippen LogP contribution in [0.5, 0.6) is 5.75 Å². The van der Waals surface area contributed by atoms with Crippen molar-refractivity contribution in [1.29, 1.82) is 5.26 Å². The van der Waals surface area contributed by atoms with E-state index in [-0.39, 0.29) is 0 Å². The van der Waals surface area contributed by atoms with Crippen LogP contribution >= 0.6 is 34.5 Å². The SMILES string of the molecule is COc1ccc(NC=C(C#N)c2nc(-c3ccc(Cl)cc3Cl)cs2)cc1. The number of hydrogen-bond donors (Lipinski definition) is 1. The monoisotopic (exact) mass is 401 g/mol. The molecule has 3 rings (SSSR count). The number of allylic oxidation sites excluding steroid dienone is 1. The number of thiazole rings is 1. The Labute approximate surface area is 165 Å². The summed E-state index contributed by atoms with van der Waals surface area (Å²) in [6, 6.07) is 14.8. The summed E-state index contributed by atoms with van der Waals surface area (Å²) in [5.41, 5.74) is 2.76. The molecule has 3 aromatic rings. The van der Waals surface area contributed by atoms with Crippen LogP contribution in [0.3, 0.4) is 0 Å². The summed E-state index contributed by atoms with van der Waals surface area (Å²) in [6.45, 7) is 0. The van der Waals surface area contributed by atoms with Gasteiger partial charge in [-0.25, -0.2) is 4.98 Å². The highest BCUT2D eigenvalue weighted by molar-refractivity contribution is 7.11. The Kier molecular flexibility index (Phi) is 5.79. The summed E-state index contributed by atoms with van der Waals surface area (Å²) < 4.78 is 5.12. The van der Waals surface area contributed by atoms with E-state index in [4.69, 9.17) is 27.9 Å². The van der Waals surface area contributed by atoms with Crippen LogP contribution in [0.2, 0.25) is 10.0 Å². The number of nitriles is 1. The predicted molar refractivity (Wildman–Crippen MR) is 108 cm³/mol. The van der Waals surface area contributed by atoms with E-state index in [9.17, 15) is 5.26 Å². The minimum absolute atomic E-state index is 0.433. The van der Waals surface area contributed by atoms with E-state index in [0.29, 0.717) is 26.3 Å². The molecule has 0 bridgehead atoms. The van der Waals surface area contributed by atoms with Crippen molar-refractivity contribution in [3.63, 3.8) is 0 Å². The minimum Gasteiger partial charge on any atom is -0.497 e. The highest BCUT2D eigenvalue weighted by atomic mass is 35.5. The molecule has 26 heavy (non-hydrogen) atoms. The number of ether oxygens (including phenoxy) is 1. The largest absolute Gasteiger partial charge is 0.497 e. The second kappa shape index (κ2) is 8.24. The number of hydrogen-bond acceptors (Lipinski definition) is 5. The molecule has 0 unspecified atom stereocenters. The highest BCUT2D eigenvalue weighted by Crippen LogP contribution is 2.32. The van der Waals surface area contributed by atoms with Crippen LogP contribution in [0.4, 0.5) is 5.69 Å². The maximum Gasteiger partial charge on any atom is 0.136 e. The minimum atomic E-state index is 0.433. The second-order valence-electron chi connectivity index (χ2n) is 5.20. The third-order valence-electron chi connectivity index (χ3n) is 3.54. The van der Waals surface area contributed by atoms with Gasteiger partial charge < -0.3 is 10.1 Å². The van der Waals surface area contributed by atoms with Crippen molar-refractivity contribution in [3.8, 4) is 23.1 Å². The van der Waals surface area contributed by atoms with Gasteiger partial charge in [0, 0.05) is 27.9 Å². The van der Waals surface area contributed by atoms with Gasteiger partial charge in [-0.1, -0.05) is 23.2 Å². The molecule has 0 fully saturated rings. The molecule has 0 amide bonds. The van der Waals surface area contributed by atoms with E-state index in [0.717, 1.165) is 17.0 Å². The van der Waals surface area contributed by atoms with Crippen molar-refractivity contribution in [1.82, 2.24) is 4.98 Å². The van der Waals surface area contributed by atoms with Gasteiger partial charge in [-0.15, -0.1) is 11.3 Å². The average Bonchev–Trinajstić information content (AvgIpc) is 3.12. The topological polar surface area (TPSA) is 57.9 Å². The lowest BCUT2D eigenvalue weighted by Gasteiger charge is -2.03. The molecule has 2 aromatic carbocycles. The van der Waals surface area contributed by atoms with Gasteiger partial charge in [0.25, 0.3) is 0 Å². The Morgan fingerprint density at radius 1 is 1.23 bits per heavy atom. The molecule has 0 aliphatic heterocycles. The Balaban J connectivity index is 1.82. The zero-order chi connectivity index (χ0) is 18.5. The smallest absolute Gasteiger partial charge is 0.136 e. The van der Waals surface area contributed by atoms with Gasteiger partial charge in [0.15, 0.2) is 0 Å². The summed E-state index contributed by atoms with van der Waals surface area (Å²) in [4.78, 5) is 4.52. The quantitative estimate of drug-likeness (QED) is 0.524. The normalized spacial score (nSPS) is 11.1. The van der Waals surface area contributed by atoms with Gasteiger partial charge in [-0.3, -0.25) is 0 Å². The van der Waals surface area contributed by atoms with Gasteiger partial charge in [-0.05, 0) is 42.5 Å². The number of aromatic nitrogens is 1. The standard InChI is InChI=1S/C19H13Cl2N3OS/c1-25-15-5-3-14(4-6-15)23-10-12(9-22)19-24-18(11-26-19)16-7-2-13(20)8-17(16)21/h2-8,10-11,23H,1H3. The molecule has 0 radical (unpaired) electrons. The fourth-order valence-corrected chi connectivity index (χ4v) is 3.49. The lowest BCUT2D eigenvalue weighted by atomic mass is 10.2. The van der Waals surface area contributed by atoms with Crippen molar-refractivity contribution in [2.75, 3.05) is 12.4 Å². The number of methoxy groups -OCH3 is 1. The Morgan fingerprint density at radius 3 is 2.65 bits per heavy atom. The lowest BCUT2D eigenvalue weighted by Crippen LogP contribution is -1.91. The van der Waals surface area contributed by atoms with Crippen LogP contribution < -0.4 is 10.1 Å². The van der Waals surface area contributed by atoms with Gasteiger partial charge in [0.05, 0.1) is 17.8 Å². The predicted octanol–water partition coefficient (Wildman–Crippen LogP) is 6.10. The van der Waals surface area contributed by atoms with Crippen molar-refractivity contribution >= 4 is 45.8 Å². The van der Waals surface area contributed by atoms with E-state index < -0.39 is 0 Å². The van der Waals surface area contributed by atoms with E-state index in [1.165, 1.54) is 11.3 Å². The van der Waals surface area contributed by atoms with Crippen LogP contribution in [-0.4, -0.2) is 12.1 Å². The molecule has 1 heterocycles. The summed E-state index contributed by atoms with van der Waals surface area (Å²) in [5.74, 6) is 0.768. The van der Waals surface area contributed by atoms with Crippen molar-refractivity contribution in [2.45, 2.75) is 0 Å². The molecule has 0 aliphatic rings. The zero-order valence-corrected chi connectivity index (χ0v) is 16.0. The van der Waals surface area contributed by atoms with E-state index >= 15 is 0 Å². The number of anilines is 1. The maximum absolute atomic E-state index is 9.46. The number of halogens is 2. The molecular formula is C19H13Cl2N3OS. The molecule has 0 saturated heterocycles. The first kappa shape index (κ1) is 18.3. The van der Waals surface area contributed by atoms with Gasteiger partial charge in [0.1, 0.15) is 22.4 Å². The average molecular weight is 402 g/mol. The highest BCUT2D eigenvalue weighted by Gasteiger charge is 2.11. The van der Waals surface area contributed by atoms with Crippen LogP contribution in [0.15, 0.2) is 54.0 Å². The van der Waals surface area contributed by atoms with E-state index in [1.54, 1.807) is 25.4 Å². The van der Waals surface area contributed by atoms with Crippen LogP contribution in [0.25, 0.3) is 16.8 Å². The number of nitrogens with one attached hydrogen (secondary N) is 1. The molecule has 7 heteroatoms. The van der Waals surface area contributed by atoms with Crippen LogP contribution in [0, 0.1) is 11.3 Å². The summed E-state index contributed by atoms with van der Waals surface area (Å²) in [7, 11) is 1.61. The van der Waals surface area contributed by atoms with Crippen LogP contribution in [0.1, 0.15) is 5.01 Å². The number of nitrogens with zero attached hydrogens (tertiary/aromatic N) is 2. The molecule has 1 aromatic heterocycles. The molecule has 0 spiro atoms. The third kappa shape index (κ3) is 4.17. The Morgan fingerprint density at radius 2 is 2.00 bits per heavy atom. The van der Waals surface area contributed by atoms with Gasteiger partial charge in [0.2, 0.25) is 0 Å². The molecule has 130 valence electrons. The first-order valence-corrected chi connectivity index (χ1v) is 9.16. The molecular weight excluding hydrogens is 389 g/mol. The third-order valence-corrected chi connectivity index (χ3v) is 4.96. The van der Waals surface area contributed by atoms with Gasteiger partial charge >= 0.3 is 0 Å². The van der Waals surface area contributed by atoms with Crippen LogP contribution in [-0.2, 0) is 0 Å². The number of benzene rings is 2. The second-order valence-corrected chi connectivity index (χ2v) is 6.91.